The molecular weight excluding hydrogens is 338 g/mol. The van der Waals surface area contributed by atoms with Crippen LogP contribution in [0.25, 0.3) is 21.7 Å². The molecule has 0 aliphatic heterocycles. The van der Waals surface area contributed by atoms with Gasteiger partial charge in [0.2, 0.25) is 0 Å². The molecule has 0 radical (unpaired) electrons. The number of rotatable bonds is 7. The van der Waals surface area contributed by atoms with Crippen LogP contribution >= 0.6 is 11.3 Å². The first-order valence-electron chi connectivity index (χ1n) is 8.21. The molecule has 0 unspecified atom stereocenters. The molecule has 6 nitrogen and oxygen atoms in total. The summed E-state index contributed by atoms with van der Waals surface area (Å²) in [5, 5.41) is 7.60. The Bertz CT molecular complexity index is 885. The lowest BCUT2D eigenvalue weighted by Crippen LogP contribution is -2.25. The van der Waals surface area contributed by atoms with Crippen molar-refractivity contribution in [2.45, 2.75) is 26.7 Å². The monoisotopic (exact) mass is 359 g/mol. The van der Waals surface area contributed by atoms with Gasteiger partial charge in [-0.25, -0.2) is 4.98 Å². The summed E-state index contributed by atoms with van der Waals surface area (Å²) >= 11 is 1.63. The zero-order valence-corrected chi connectivity index (χ0v) is 15.4. The lowest BCUT2D eigenvalue weighted by molar-refractivity contribution is 0.0953. The van der Waals surface area contributed by atoms with Crippen molar-refractivity contribution in [1.82, 2.24) is 15.5 Å². The Hall–Kier alpha value is -2.25. The van der Waals surface area contributed by atoms with Crippen molar-refractivity contribution in [3.05, 3.63) is 34.3 Å². The third-order valence-corrected chi connectivity index (χ3v) is 4.94. The molecule has 0 fully saturated rings. The van der Waals surface area contributed by atoms with Crippen LogP contribution in [-0.2, 0) is 4.74 Å². The van der Waals surface area contributed by atoms with Crippen molar-refractivity contribution in [2.24, 2.45) is 0 Å². The molecule has 0 aliphatic rings. The van der Waals surface area contributed by atoms with Crippen molar-refractivity contribution in [2.75, 3.05) is 20.3 Å². The molecule has 25 heavy (non-hydrogen) atoms. The number of carbonyl (C=O) groups is 1. The van der Waals surface area contributed by atoms with Gasteiger partial charge in [-0.15, -0.1) is 11.3 Å². The Morgan fingerprint density at radius 3 is 2.88 bits per heavy atom. The molecule has 3 rings (SSSR count). The maximum absolute atomic E-state index is 12.7. The van der Waals surface area contributed by atoms with Gasteiger partial charge in [0.1, 0.15) is 0 Å². The van der Waals surface area contributed by atoms with Crippen LogP contribution in [0.1, 0.15) is 33.8 Å². The van der Waals surface area contributed by atoms with Crippen molar-refractivity contribution >= 4 is 28.3 Å². The highest BCUT2D eigenvalue weighted by atomic mass is 32.1. The van der Waals surface area contributed by atoms with Crippen LogP contribution in [0.15, 0.2) is 22.7 Å². The lowest BCUT2D eigenvalue weighted by atomic mass is 10.1. The number of nitrogens with zero attached hydrogens (tertiary/aromatic N) is 2. The highest BCUT2D eigenvalue weighted by Gasteiger charge is 2.19. The second-order valence-corrected chi connectivity index (χ2v) is 7.16. The molecule has 0 atom stereocenters. The molecule has 0 saturated heterocycles. The molecule has 0 aromatic carbocycles. The van der Waals surface area contributed by atoms with E-state index in [2.05, 4.69) is 15.5 Å². The maximum atomic E-state index is 12.7. The Morgan fingerprint density at radius 2 is 2.16 bits per heavy atom. The molecule has 132 valence electrons. The molecule has 3 heterocycles. The number of thiophene rings is 1. The van der Waals surface area contributed by atoms with E-state index in [0.29, 0.717) is 35.5 Å². The molecule has 0 saturated carbocycles. The topological polar surface area (TPSA) is 77.2 Å². The van der Waals surface area contributed by atoms with Gasteiger partial charge in [-0.05, 0) is 44.9 Å². The van der Waals surface area contributed by atoms with Gasteiger partial charge in [-0.3, -0.25) is 4.79 Å². The number of aryl methyl sites for hydroxylation is 2. The number of nitrogens with one attached hydrogen (secondary N) is 1. The summed E-state index contributed by atoms with van der Waals surface area (Å²) in [6.07, 6.45) is 1.78. The summed E-state index contributed by atoms with van der Waals surface area (Å²) in [7, 11) is 1.68. The molecule has 3 aromatic rings. The summed E-state index contributed by atoms with van der Waals surface area (Å²) in [5.41, 5.74) is 2.34. The van der Waals surface area contributed by atoms with E-state index in [1.54, 1.807) is 18.4 Å². The van der Waals surface area contributed by atoms with E-state index in [9.17, 15) is 4.79 Å². The predicted molar refractivity (Wildman–Crippen MR) is 98.0 cm³/mol. The van der Waals surface area contributed by atoms with Crippen LogP contribution < -0.4 is 5.32 Å². The molecule has 0 aliphatic carbocycles. The highest BCUT2D eigenvalue weighted by Crippen LogP contribution is 2.30. The predicted octanol–water partition coefficient (Wildman–Crippen LogP) is 3.72. The molecule has 1 N–H and O–H groups in total. The zero-order valence-electron chi connectivity index (χ0n) is 14.6. The van der Waals surface area contributed by atoms with Gasteiger partial charge in [0.25, 0.3) is 11.6 Å². The first-order chi connectivity index (χ1) is 12.1. The first-order valence-corrected chi connectivity index (χ1v) is 9.02. The molecule has 7 heteroatoms. The summed E-state index contributed by atoms with van der Waals surface area (Å²) in [6.45, 7) is 5.16. The van der Waals surface area contributed by atoms with Crippen LogP contribution in [0.4, 0.5) is 0 Å². The number of aromatic nitrogens is 2. The van der Waals surface area contributed by atoms with Crippen molar-refractivity contribution in [1.29, 1.82) is 0 Å². The average Bonchev–Trinajstić information content (AvgIpc) is 3.20. The fourth-order valence-electron chi connectivity index (χ4n) is 2.64. The van der Waals surface area contributed by atoms with Gasteiger partial charge in [-0.2, -0.15) is 0 Å². The van der Waals surface area contributed by atoms with E-state index in [4.69, 9.17) is 9.26 Å². The minimum Gasteiger partial charge on any atom is -0.385 e. The number of pyridine rings is 1. The number of amides is 1. The van der Waals surface area contributed by atoms with Crippen molar-refractivity contribution in [3.63, 3.8) is 0 Å². The van der Waals surface area contributed by atoms with Gasteiger partial charge in [0.05, 0.1) is 27.2 Å². The van der Waals surface area contributed by atoms with E-state index < -0.39 is 0 Å². The average molecular weight is 359 g/mol. The number of hydrogen-bond acceptors (Lipinski definition) is 6. The van der Waals surface area contributed by atoms with Crippen LogP contribution in [0.3, 0.4) is 0 Å². The second-order valence-electron chi connectivity index (χ2n) is 5.87. The van der Waals surface area contributed by atoms with E-state index in [1.807, 2.05) is 32.0 Å². The first kappa shape index (κ1) is 17.6. The molecule has 1 amide bonds. The summed E-state index contributed by atoms with van der Waals surface area (Å²) in [6, 6.07) is 5.86. The highest BCUT2D eigenvalue weighted by molar-refractivity contribution is 7.15. The Labute approximate surface area is 150 Å². The minimum absolute atomic E-state index is 0.134. The fourth-order valence-corrected chi connectivity index (χ4v) is 3.47. The quantitative estimate of drug-likeness (QED) is 0.651. The second kappa shape index (κ2) is 7.76. The van der Waals surface area contributed by atoms with Gasteiger partial charge in [0.15, 0.2) is 0 Å². The van der Waals surface area contributed by atoms with Gasteiger partial charge < -0.3 is 14.6 Å². The van der Waals surface area contributed by atoms with E-state index in [0.717, 1.165) is 23.4 Å². The lowest BCUT2D eigenvalue weighted by Gasteiger charge is -2.07. The van der Waals surface area contributed by atoms with E-state index >= 15 is 0 Å². The van der Waals surface area contributed by atoms with Gasteiger partial charge >= 0.3 is 0 Å². The number of ether oxygens (including phenoxy) is 1. The molecular formula is C18H21N3O3S. The van der Waals surface area contributed by atoms with Crippen molar-refractivity contribution < 1.29 is 14.1 Å². The fraction of sp³-hybridized carbons (Fsp3) is 0.389. The zero-order chi connectivity index (χ0) is 17.8. The SMILES string of the molecule is COCCCCNC(=O)c1cc(-c2ccc(C)s2)nc2onc(C)c12. The summed E-state index contributed by atoms with van der Waals surface area (Å²) in [5.74, 6) is -0.134. The Morgan fingerprint density at radius 1 is 1.32 bits per heavy atom. The number of hydrogen-bond donors (Lipinski definition) is 1. The van der Waals surface area contributed by atoms with Crippen LogP contribution in [-0.4, -0.2) is 36.3 Å². The van der Waals surface area contributed by atoms with Crippen molar-refractivity contribution in [3.8, 4) is 10.6 Å². The molecule has 3 aromatic heterocycles. The van der Waals surface area contributed by atoms with Crippen LogP contribution in [0, 0.1) is 13.8 Å². The third kappa shape index (κ3) is 3.88. The van der Waals surface area contributed by atoms with E-state index in [-0.39, 0.29) is 5.91 Å². The maximum Gasteiger partial charge on any atom is 0.259 e. The minimum atomic E-state index is -0.134. The smallest absolute Gasteiger partial charge is 0.259 e. The number of carbonyl (C=O) groups excluding carboxylic acids is 1. The standard InChI is InChI=1S/C18H21N3O3S/c1-11-6-7-15(25-11)14-10-13(16-12(2)21-24-18(16)20-14)17(22)19-8-4-5-9-23-3/h6-7,10H,4-5,8-9H2,1-3H3,(H,19,22). The normalized spacial score (nSPS) is 11.2. The largest absolute Gasteiger partial charge is 0.385 e. The van der Waals surface area contributed by atoms with Gasteiger partial charge in [-0.1, -0.05) is 5.16 Å². The number of fused-ring (bicyclic) bond motifs is 1. The van der Waals surface area contributed by atoms with Crippen LogP contribution in [0.5, 0.6) is 0 Å². The Kier molecular flexibility index (Phi) is 5.45. The Balaban J connectivity index is 1.89. The van der Waals surface area contributed by atoms with E-state index in [1.165, 1.54) is 4.88 Å². The summed E-state index contributed by atoms with van der Waals surface area (Å²) < 4.78 is 10.3. The van der Waals surface area contributed by atoms with Crippen LogP contribution in [0.2, 0.25) is 0 Å². The third-order valence-electron chi connectivity index (χ3n) is 3.92. The number of methoxy groups -OCH3 is 1. The molecule has 0 spiro atoms. The molecule has 0 bridgehead atoms. The van der Waals surface area contributed by atoms with Gasteiger partial charge in [0, 0.05) is 25.1 Å². The number of unbranched alkanes of at least 4 members (excludes halogenated alkanes) is 1. The summed E-state index contributed by atoms with van der Waals surface area (Å²) in [4.78, 5) is 19.4.